The molecule has 1 aromatic carbocycles. The zero-order chi connectivity index (χ0) is 21.1. The van der Waals surface area contributed by atoms with Gasteiger partial charge in [-0.1, -0.05) is 0 Å². The fourth-order valence-corrected chi connectivity index (χ4v) is 8.54. The highest BCUT2D eigenvalue weighted by Gasteiger charge is 2.74. The minimum atomic E-state index is -0.0684. The molecule has 1 aromatic rings. The summed E-state index contributed by atoms with van der Waals surface area (Å²) < 4.78 is 23.9. The summed E-state index contributed by atoms with van der Waals surface area (Å²) in [4.78, 5) is 17.9. The van der Waals surface area contributed by atoms with Gasteiger partial charge in [0, 0.05) is 29.3 Å². The van der Waals surface area contributed by atoms with Crippen molar-refractivity contribution in [3.05, 3.63) is 11.6 Å². The number of anilines is 1. The normalized spacial score (nSPS) is 41.6. The highest BCUT2D eigenvalue weighted by Crippen LogP contribution is 2.70. The number of nitrogens with zero attached hydrogens (tertiary/aromatic N) is 2. The van der Waals surface area contributed by atoms with Crippen LogP contribution >= 0.6 is 0 Å². The summed E-state index contributed by atoms with van der Waals surface area (Å²) in [6.45, 7) is 5.06. The van der Waals surface area contributed by atoms with Gasteiger partial charge in [0.2, 0.25) is 5.75 Å². The van der Waals surface area contributed by atoms with Crippen LogP contribution in [0.15, 0.2) is 6.07 Å². The average Bonchev–Trinajstić information content (AvgIpc) is 3.40. The molecule has 0 radical (unpaired) electrons. The first-order valence-electron chi connectivity index (χ1n) is 11.7. The Kier molecular flexibility index (Phi) is 3.45. The van der Waals surface area contributed by atoms with E-state index in [1.165, 1.54) is 11.3 Å². The number of rotatable bonds is 2. The van der Waals surface area contributed by atoms with Crippen molar-refractivity contribution in [3.63, 3.8) is 0 Å². The van der Waals surface area contributed by atoms with Crippen LogP contribution in [0.3, 0.4) is 0 Å². The third kappa shape index (κ3) is 1.90. The molecule has 7 heteroatoms. The molecule has 6 atom stereocenters. The molecule has 0 aromatic heterocycles. The highest BCUT2D eigenvalue weighted by molar-refractivity contribution is 5.82. The van der Waals surface area contributed by atoms with E-state index >= 15 is 0 Å². The zero-order valence-electron chi connectivity index (χ0n) is 18.5. The second kappa shape index (κ2) is 5.80. The molecule has 0 bridgehead atoms. The quantitative estimate of drug-likeness (QED) is 0.674. The Balaban J connectivity index is 1.52. The van der Waals surface area contributed by atoms with Gasteiger partial charge >= 0.3 is 5.97 Å². The third-order valence-corrected chi connectivity index (χ3v) is 9.36. The first-order chi connectivity index (χ1) is 15.0. The maximum absolute atomic E-state index is 12.6. The van der Waals surface area contributed by atoms with E-state index in [-0.39, 0.29) is 28.9 Å². The highest BCUT2D eigenvalue weighted by atomic mass is 16.6. The molecule has 1 aliphatic carbocycles. The van der Waals surface area contributed by atoms with E-state index in [1.807, 2.05) is 0 Å². The molecule has 4 fully saturated rings. The molecule has 5 heterocycles. The van der Waals surface area contributed by atoms with Crippen molar-refractivity contribution in [2.45, 2.75) is 68.7 Å². The largest absolute Gasteiger partial charge is 0.493 e. The lowest BCUT2D eigenvalue weighted by Gasteiger charge is -2.58. The molecule has 6 aliphatic rings. The van der Waals surface area contributed by atoms with Crippen LogP contribution in [0.2, 0.25) is 0 Å². The number of ether oxygens (including phenoxy) is 4. The fourth-order valence-electron chi connectivity index (χ4n) is 8.54. The van der Waals surface area contributed by atoms with Gasteiger partial charge in [-0.15, -0.1) is 0 Å². The van der Waals surface area contributed by atoms with Crippen LogP contribution in [-0.4, -0.2) is 69.0 Å². The molecule has 166 valence electrons. The van der Waals surface area contributed by atoms with Crippen LogP contribution in [0.4, 0.5) is 5.69 Å². The van der Waals surface area contributed by atoms with Crippen LogP contribution in [0.25, 0.3) is 0 Å². The number of hydrogen-bond acceptors (Lipinski definition) is 7. The van der Waals surface area contributed by atoms with E-state index in [2.05, 4.69) is 22.8 Å². The standard InChI is InChI=1S/C24H30N2O5/c1-13-12-30-21-19-14(9-15(28-2)20(21)29-3)24-6-8-25-7-4-5-23(22(24)25)11-18(27)31-17(23)10-16(24)26(13)19/h9,13,16-17,22H,4-8,10-12H2,1-3H3/t13-,16-,17+,22-,23+,24-/m1/s1. The summed E-state index contributed by atoms with van der Waals surface area (Å²) in [7, 11) is 3.39. The van der Waals surface area contributed by atoms with Gasteiger partial charge in [-0.25, -0.2) is 0 Å². The first kappa shape index (κ1) is 18.4. The molecule has 0 amide bonds. The molecule has 1 saturated carbocycles. The van der Waals surface area contributed by atoms with Gasteiger partial charge < -0.3 is 23.8 Å². The van der Waals surface area contributed by atoms with Crippen molar-refractivity contribution in [3.8, 4) is 17.2 Å². The van der Waals surface area contributed by atoms with Gasteiger partial charge in [-0.3, -0.25) is 9.69 Å². The average molecular weight is 427 g/mol. The van der Waals surface area contributed by atoms with E-state index < -0.39 is 0 Å². The van der Waals surface area contributed by atoms with E-state index in [0.29, 0.717) is 30.9 Å². The molecule has 3 saturated heterocycles. The number of fused-ring (bicyclic) bond motifs is 1. The maximum Gasteiger partial charge on any atom is 0.306 e. The summed E-state index contributed by atoms with van der Waals surface area (Å²) in [6.07, 6.45) is 4.82. The van der Waals surface area contributed by atoms with Crippen LogP contribution in [0.1, 0.15) is 44.6 Å². The number of carbonyl (C=O) groups excluding carboxylic acids is 1. The van der Waals surface area contributed by atoms with Crippen LogP contribution in [-0.2, 0) is 14.9 Å². The van der Waals surface area contributed by atoms with Crippen LogP contribution in [0.5, 0.6) is 17.2 Å². The molecule has 7 rings (SSSR count). The molecular weight excluding hydrogens is 396 g/mol. The summed E-state index contributed by atoms with van der Waals surface area (Å²) in [5, 5.41) is 0. The lowest BCUT2D eigenvalue weighted by molar-refractivity contribution is -0.145. The topological polar surface area (TPSA) is 60.5 Å². The second-order valence-electron chi connectivity index (χ2n) is 10.4. The van der Waals surface area contributed by atoms with Crippen molar-refractivity contribution >= 4 is 11.7 Å². The van der Waals surface area contributed by atoms with Crippen molar-refractivity contribution in [1.29, 1.82) is 0 Å². The lowest BCUT2D eigenvalue weighted by Crippen LogP contribution is -2.69. The Labute approximate surface area is 182 Å². The van der Waals surface area contributed by atoms with Gasteiger partial charge in [-0.05, 0) is 50.9 Å². The maximum atomic E-state index is 12.6. The Morgan fingerprint density at radius 1 is 1.19 bits per heavy atom. The van der Waals surface area contributed by atoms with Gasteiger partial charge in [0.25, 0.3) is 0 Å². The Morgan fingerprint density at radius 3 is 2.87 bits per heavy atom. The van der Waals surface area contributed by atoms with Crippen molar-refractivity contribution in [2.24, 2.45) is 5.41 Å². The van der Waals surface area contributed by atoms with Crippen LogP contribution < -0.4 is 19.1 Å². The number of benzene rings is 1. The van der Waals surface area contributed by atoms with Crippen molar-refractivity contribution < 1.29 is 23.7 Å². The monoisotopic (exact) mass is 426 g/mol. The van der Waals surface area contributed by atoms with E-state index in [1.54, 1.807) is 14.2 Å². The van der Waals surface area contributed by atoms with Gasteiger partial charge in [0.1, 0.15) is 12.7 Å². The lowest BCUT2D eigenvalue weighted by atomic mass is 9.51. The number of methoxy groups -OCH3 is 2. The Morgan fingerprint density at radius 2 is 2.06 bits per heavy atom. The third-order valence-electron chi connectivity index (χ3n) is 9.36. The fraction of sp³-hybridized carbons (Fsp3) is 0.708. The molecule has 5 aliphatic heterocycles. The van der Waals surface area contributed by atoms with E-state index in [0.717, 1.165) is 50.3 Å². The minimum absolute atomic E-state index is 0.00266. The summed E-state index contributed by atoms with van der Waals surface area (Å²) in [6, 6.07) is 3.10. The minimum Gasteiger partial charge on any atom is -0.493 e. The first-order valence-corrected chi connectivity index (χ1v) is 11.7. The number of piperidine rings is 1. The molecule has 7 nitrogen and oxygen atoms in total. The molecule has 0 unspecified atom stereocenters. The van der Waals surface area contributed by atoms with Crippen molar-refractivity contribution in [2.75, 3.05) is 38.8 Å². The number of carbonyl (C=O) groups is 1. The summed E-state index contributed by atoms with van der Waals surface area (Å²) in [5.41, 5.74) is 2.43. The Bertz CT molecular complexity index is 997. The van der Waals surface area contributed by atoms with E-state index in [4.69, 9.17) is 18.9 Å². The number of esters is 1. The molecular formula is C24H30N2O5. The predicted octanol–water partition coefficient (Wildman–Crippen LogP) is 2.48. The molecule has 31 heavy (non-hydrogen) atoms. The predicted molar refractivity (Wildman–Crippen MR) is 113 cm³/mol. The van der Waals surface area contributed by atoms with Crippen LogP contribution in [0, 0.1) is 5.41 Å². The van der Waals surface area contributed by atoms with E-state index in [9.17, 15) is 4.79 Å². The zero-order valence-corrected chi connectivity index (χ0v) is 18.5. The summed E-state index contributed by atoms with van der Waals surface area (Å²) in [5.74, 6) is 2.25. The SMILES string of the molecule is COc1cc2c3c(c1OC)OC[C@@H](C)N3[C@@H]1C[C@@H]3OC(=O)C[C@@]34CCCN3CC[C@@]21[C@H]34. The molecule has 2 spiro atoms. The number of hydrogen-bond donors (Lipinski definition) is 0. The van der Waals surface area contributed by atoms with Gasteiger partial charge in [0.05, 0.1) is 32.4 Å². The van der Waals surface area contributed by atoms with Crippen molar-refractivity contribution in [1.82, 2.24) is 4.90 Å². The Hall–Kier alpha value is -2.15. The summed E-state index contributed by atoms with van der Waals surface area (Å²) >= 11 is 0. The van der Waals surface area contributed by atoms with Gasteiger partial charge in [0.15, 0.2) is 11.5 Å². The smallest absolute Gasteiger partial charge is 0.306 e. The molecule has 0 N–H and O–H groups in total. The van der Waals surface area contributed by atoms with Gasteiger partial charge in [-0.2, -0.15) is 0 Å². The second-order valence-corrected chi connectivity index (χ2v) is 10.4.